The zero-order chi connectivity index (χ0) is 70.3. The van der Waals surface area contributed by atoms with Crippen molar-refractivity contribution in [3.05, 3.63) is 70.8 Å². The van der Waals surface area contributed by atoms with Gasteiger partial charge in [-0.1, -0.05) is 68.8 Å². The van der Waals surface area contributed by atoms with Crippen LogP contribution in [0.1, 0.15) is 94.4 Å². The van der Waals surface area contributed by atoms with E-state index in [2.05, 4.69) is 31.6 Å². The maximum absolute atomic E-state index is 14.6. The SMILES string of the molecule is CCCCNC(=O)N=CC(CSCc1cc(CSCCNC(=O)CN2CCN(CC(=O)O)CCN(CC(=O)O)CC2)cc(CSCC(NC(=O)[C@H](Cc2ccccc2)NC(=O)[C@H](CCC(N)=O)NC(=O)[C@@H](C)[C@@H](C)O)C(=O)O)c1)C(=O)N1CCC[C@H]1C(=O)N1CCC[C@H]1C(N)=O. The number of nitrogens with two attached hydrogens (primary N) is 2. The summed E-state index contributed by atoms with van der Waals surface area (Å²) in [5.74, 6) is -8.50. The number of aliphatic imine (C=N–C) groups is 1. The highest BCUT2D eigenvalue weighted by molar-refractivity contribution is 7.99. The van der Waals surface area contributed by atoms with E-state index in [1.807, 2.05) is 30.0 Å². The predicted molar refractivity (Wildman–Crippen MR) is 364 cm³/mol. The molecule has 29 nitrogen and oxygen atoms in total. The van der Waals surface area contributed by atoms with Crippen LogP contribution in [0.25, 0.3) is 0 Å². The molecule has 2 unspecified atom stereocenters. The van der Waals surface area contributed by atoms with E-state index in [9.17, 15) is 78.0 Å². The van der Waals surface area contributed by atoms with Gasteiger partial charge in [0, 0.05) is 119 Å². The molecule has 3 aliphatic heterocycles. The Kier molecular flexibility index (Phi) is 34.4. The summed E-state index contributed by atoms with van der Waals surface area (Å²) < 4.78 is 0. The van der Waals surface area contributed by atoms with Gasteiger partial charge in [0.05, 0.1) is 37.6 Å². The number of likely N-dealkylation sites (tertiary alicyclic amines) is 2. The van der Waals surface area contributed by atoms with Gasteiger partial charge in [0.15, 0.2) is 0 Å². The summed E-state index contributed by atoms with van der Waals surface area (Å²) in [7, 11) is 0. The number of nitrogens with zero attached hydrogens (tertiary/aromatic N) is 6. The van der Waals surface area contributed by atoms with Gasteiger partial charge in [0.1, 0.15) is 30.2 Å². The second-order valence-corrected chi connectivity index (χ2v) is 27.4. The van der Waals surface area contributed by atoms with E-state index < -0.39 is 108 Å². The number of aliphatic carboxylic acids is 3. The number of carbonyl (C=O) groups excluding carboxylic acids is 9. The number of hydrogen-bond donors (Lipinski definition) is 11. The molecule has 3 heterocycles. The van der Waals surface area contributed by atoms with Crippen molar-refractivity contribution >= 4 is 113 Å². The Balaban J connectivity index is 1.34. The lowest BCUT2D eigenvalue weighted by molar-refractivity contribution is -0.146. The number of carboxylic acids is 3. The van der Waals surface area contributed by atoms with Crippen LogP contribution in [0.5, 0.6) is 0 Å². The number of rotatable bonds is 39. The van der Waals surface area contributed by atoms with E-state index in [1.165, 1.54) is 65.1 Å². The Labute approximate surface area is 572 Å². The fourth-order valence-corrected chi connectivity index (χ4v) is 13.8. The first-order valence-corrected chi connectivity index (χ1v) is 35.9. The van der Waals surface area contributed by atoms with Crippen LogP contribution in [0.15, 0.2) is 53.5 Å². The summed E-state index contributed by atoms with van der Waals surface area (Å²) in [4.78, 5) is 169. The molecule has 10 amide bonds. The molecule has 8 atom stereocenters. The maximum Gasteiger partial charge on any atom is 0.340 e. The fraction of sp³-hybridized carbons (Fsp3) is 0.609. The Hall–Kier alpha value is -7.36. The Bertz CT molecular complexity index is 2980. The van der Waals surface area contributed by atoms with Crippen LogP contribution in [0.2, 0.25) is 0 Å². The zero-order valence-corrected chi connectivity index (χ0v) is 57.3. The van der Waals surface area contributed by atoms with Gasteiger partial charge in [0.25, 0.3) is 0 Å². The minimum absolute atomic E-state index is 0.00825. The lowest BCUT2D eigenvalue weighted by atomic mass is 10.0. The zero-order valence-electron chi connectivity index (χ0n) is 54.9. The summed E-state index contributed by atoms with van der Waals surface area (Å²) in [5.41, 5.74) is 14.1. The van der Waals surface area contributed by atoms with Crippen molar-refractivity contribution in [2.45, 2.75) is 132 Å². The van der Waals surface area contributed by atoms with Crippen LogP contribution in [0.4, 0.5) is 4.79 Å². The second kappa shape index (κ2) is 41.7. The molecule has 3 fully saturated rings. The van der Waals surface area contributed by atoms with Crippen LogP contribution in [0.3, 0.4) is 0 Å². The molecule has 530 valence electrons. The monoisotopic (exact) mass is 1400 g/mol. The van der Waals surface area contributed by atoms with Gasteiger partial charge >= 0.3 is 23.9 Å². The summed E-state index contributed by atoms with van der Waals surface area (Å²) in [6.07, 6.45) is 3.10. The third-order valence-corrected chi connectivity index (χ3v) is 19.8. The first-order chi connectivity index (χ1) is 45.8. The van der Waals surface area contributed by atoms with Crippen LogP contribution in [-0.4, -0.2) is 261 Å². The van der Waals surface area contributed by atoms with E-state index >= 15 is 0 Å². The highest BCUT2D eigenvalue weighted by atomic mass is 32.2. The van der Waals surface area contributed by atoms with Crippen LogP contribution in [0, 0.1) is 11.8 Å². The van der Waals surface area contributed by atoms with Crippen molar-refractivity contribution in [1.82, 2.24) is 51.1 Å². The number of benzene rings is 2. The van der Waals surface area contributed by atoms with Crippen LogP contribution in [-0.2, 0) is 76.4 Å². The molecule has 0 saturated carbocycles. The second-order valence-electron chi connectivity index (χ2n) is 24.2. The van der Waals surface area contributed by atoms with Gasteiger partial charge in [-0.2, -0.15) is 35.3 Å². The molecule has 0 radical (unpaired) electrons. The molecule has 2 aromatic carbocycles. The first-order valence-electron chi connectivity index (χ1n) is 32.4. The molecule has 0 aromatic heterocycles. The number of urea groups is 1. The number of thioether (sulfide) groups is 3. The van der Waals surface area contributed by atoms with E-state index in [1.54, 1.807) is 40.1 Å². The van der Waals surface area contributed by atoms with Gasteiger partial charge in [-0.25, -0.2) is 14.6 Å². The molecule has 3 saturated heterocycles. The van der Waals surface area contributed by atoms with E-state index in [4.69, 9.17) is 11.5 Å². The fourth-order valence-electron chi connectivity index (χ4n) is 11.1. The third kappa shape index (κ3) is 28.0. The number of aliphatic hydroxyl groups excluding tert-OH is 1. The van der Waals surface area contributed by atoms with Gasteiger partial charge in [-0.15, -0.1) is 0 Å². The molecule has 3 aliphatic rings. The van der Waals surface area contributed by atoms with Crippen LogP contribution >= 0.6 is 35.3 Å². The molecule has 13 N–H and O–H groups in total. The van der Waals surface area contributed by atoms with Gasteiger partial charge < -0.3 is 68.3 Å². The number of amides is 10. The first kappa shape index (κ1) is 79.3. The number of nitrogens with one attached hydrogen (secondary N) is 5. The molecular weight excluding hydrogens is 1300 g/mol. The van der Waals surface area contributed by atoms with Crippen molar-refractivity contribution in [3.63, 3.8) is 0 Å². The molecule has 0 bridgehead atoms. The Morgan fingerprint density at radius 1 is 0.625 bits per heavy atom. The van der Waals surface area contributed by atoms with E-state index in [0.29, 0.717) is 107 Å². The molecular formula is C64H95N13O16S3. The third-order valence-electron chi connectivity index (χ3n) is 16.5. The van der Waals surface area contributed by atoms with Crippen molar-refractivity contribution in [3.8, 4) is 0 Å². The number of carboxylic acid groups (broad SMARTS) is 3. The van der Waals surface area contributed by atoms with Crippen molar-refractivity contribution < 1.29 is 78.0 Å². The minimum atomic E-state index is -1.47. The normalized spacial score (nSPS) is 18.3. The number of unbranched alkanes of at least 4 members (excludes halogenated alkanes) is 1. The number of carbonyl (C=O) groups is 12. The van der Waals surface area contributed by atoms with Crippen LogP contribution < -0.4 is 38.1 Å². The number of primary amides is 2. The molecule has 32 heteroatoms. The summed E-state index contributed by atoms with van der Waals surface area (Å²) in [5, 5.41) is 53.0. The van der Waals surface area contributed by atoms with Crippen molar-refractivity contribution in [1.29, 1.82) is 0 Å². The summed E-state index contributed by atoms with van der Waals surface area (Å²) in [6.45, 7) is 7.91. The lowest BCUT2D eigenvalue weighted by Crippen LogP contribution is -2.57. The Morgan fingerprint density at radius 3 is 1.71 bits per heavy atom. The van der Waals surface area contributed by atoms with Crippen molar-refractivity contribution in [2.75, 3.05) is 102 Å². The average Bonchev–Trinajstić information content (AvgIpc) is 1.64. The van der Waals surface area contributed by atoms with Gasteiger partial charge in [-0.05, 0) is 67.7 Å². The largest absolute Gasteiger partial charge is 0.480 e. The average molecular weight is 1400 g/mol. The Morgan fingerprint density at radius 2 is 1.16 bits per heavy atom. The standard InChI is InChI=1S/C64H95N13O16S3/c1-4-5-17-68-64(93)69-32-47(61(89)77-20-10-14-52(77)62(90)76-19-9-13-51(76)57(66)85)39-95-37-45-28-44(36-94-27-18-67-54(80)33-73-21-23-74(34-55(81)82)25-26-75(24-22-73)35-56(83)84)29-46(30-45)38-96-40-50(63(91)92)72-60(88)49(31-43-11-7-6-8-12-43)71-59(87)48(15-16-53(65)79)70-58(86)41(2)42(3)78/h6-8,11-12,28-30,32,41-42,47-52,78H,4-5,9-10,13-27,31,33-40H2,1-3H3,(H2,65,79)(H2,66,85)(H,67,80)(H,68,93)(H,70,86)(H,71,87)(H,72,88)(H,81,82)(H,83,84)(H,91,92)/t41-,42+,47?,48-,49-,50?,51-,52-/m0/s1. The molecule has 0 aliphatic carbocycles. The van der Waals surface area contributed by atoms with Gasteiger partial charge in [-0.3, -0.25) is 62.6 Å². The summed E-state index contributed by atoms with van der Waals surface area (Å²) >= 11 is 4.13. The smallest absolute Gasteiger partial charge is 0.340 e. The highest BCUT2D eigenvalue weighted by Crippen LogP contribution is 2.29. The summed E-state index contributed by atoms with van der Waals surface area (Å²) in [6, 6.07) is 8.09. The molecule has 2 aromatic rings. The lowest BCUT2D eigenvalue weighted by Gasteiger charge is -2.31. The topological polar surface area (TPSA) is 427 Å². The maximum atomic E-state index is 14.6. The highest BCUT2D eigenvalue weighted by Gasteiger charge is 2.43. The van der Waals surface area contributed by atoms with Gasteiger partial charge in [0.2, 0.25) is 47.3 Å². The molecule has 96 heavy (non-hydrogen) atoms. The minimum Gasteiger partial charge on any atom is -0.480 e. The number of aliphatic hydroxyl groups is 1. The predicted octanol–water partition coefficient (Wildman–Crippen LogP) is 0.319. The van der Waals surface area contributed by atoms with E-state index in [0.717, 1.165) is 29.5 Å². The molecule has 0 spiro atoms. The quantitative estimate of drug-likeness (QED) is 0.0317. The molecule has 5 rings (SSSR count). The number of hydrogen-bond acceptors (Lipinski definition) is 19. The van der Waals surface area contributed by atoms with Crippen molar-refractivity contribution in [2.24, 2.45) is 28.3 Å². The van der Waals surface area contributed by atoms with E-state index in [-0.39, 0.29) is 74.5 Å².